The topological polar surface area (TPSA) is 58.6 Å². The number of amides is 1. The third-order valence-electron chi connectivity index (χ3n) is 5.94. The molecule has 2 aromatic heterocycles. The lowest BCUT2D eigenvalue weighted by atomic mass is 10.1. The molecule has 1 aliphatic rings. The van der Waals surface area contributed by atoms with Gasteiger partial charge in [0.05, 0.1) is 39.2 Å². The molecule has 0 atom stereocenters. The molecule has 1 aliphatic heterocycles. The average molecular weight is 467 g/mol. The van der Waals surface area contributed by atoms with Crippen molar-refractivity contribution in [1.82, 2.24) is 14.9 Å². The fourth-order valence-electron chi connectivity index (χ4n) is 4.07. The quantitative estimate of drug-likeness (QED) is 0.405. The van der Waals surface area contributed by atoms with E-state index >= 15 is 0 Å². The highest BCUT2D eigenvalue weighted by molar-refractivity contribution is 7.22. The molecule has 0 saturated carbocycles. The Bertz CT molecular complexity index is 1220. The van der Waals surface area contributed by atoms with Crippen LogP contribution in [0.4, 0.5) is 5.13 Å². The Kier molecular flexibility index (Phi) is 6.19. The Morgan fingerprint density at radius 3 is 2.78 bits per heavy atom. The van der Waals surface area contributed by atoms with Gasteiger partial charge in [-0.3, -0.25) is 14.6 Å². The van der Waals surface area contributed by atoms with Gasteiger partial charge in [0.1, 0.15) is 0 Å². The van der Waals surface area contributed by atoms with E-state index in [1.54, 1.807) is 22.7 Å². The molecule has 0 spiro atoms. The molecule has 8 heteroatoms. The lowest BCUT2D eigenvalue weighted by Crippen LogP contribution is -2.39. The van der Waals surface area contributed by atoms with Crippen molar-refractivity contribution in [3.63, 3.8) is 0 Å². The van der Waals surface area contributed by atoms with Crippen LogP contribution in [0, 0.1) is 13.8 Å². The fourth-order valence-corrected chi connectivity index (χ4v) is 5.92. The van der Waals surface area contributed by atoms with E-state index in [0.29, 0.717) is 12.1 Å². The van der Waals surface area contributed by atoms with Gasteiger partial charge in [0.15, 0.2) is 5.13 Å². The molecule has 0 aliphatic carbocycles. The number of ether oxygens (including phenoxy) is 1. The highest BCUT2D eigenvalue weighted by Crippen LogP contribution is 2.34. The SMILES string of the molecule is Cc1ccc(C)c2sc(N(CCCN3CCOCC3)C(=O)c3ccc4ncsc4c3)nc12. The number of morpholine rings is 1. The van der Waals surface area contributed by atoms with Gasteiger partial charge in [-0.15, -0.1) is 11.3 Å². The first-order valence-electron chi connectivity index (χ1n) is 10.9. The molecule has 1 amide bonds. The first kappa shape index (κ1) is 21.5. The molecule has 166 valence electrons. The number of anilines is 1. The second kappa shape index (κ2) is 9.23. The minimum Gasteiger partial charge on any atom is -0.379 e. The van der Waals surface area contributed by atoms with Crippen molar-refractivity contribution in [1.29, 1.82) is 0 Å². The van der Waals surface area contributed by atoms with E-state index < -0.39 is 0 Å². The standard InChI is InChI=1S/C24H26N4O2S2/c1-16-4-5-17(2)22-21(16)26-24(32-22)28(9-3-8-27-10-12-30-13-11-27)23(29)18-6-7-19-20(14-18)31-15-25-19/h4-7,14-15H,3,8-13H2,1-2H3. The Morgan fingerprint density at radius 1 is 1.16 bits per heavy atom. The van der Waals surface area contributed by atoms with E-state index in [4.69, 9.17) is 9.72 Å². The Labute approximate surface area is 195 Å². The third kappa shape index (κ3) is 4.28. The number of rotatable bonds is 6. The minimum absolute atomic E-state index is 0.00311. The van der Waals surface area contributed by atoms with Crippen LogP contribution in [0.2, 0.25) is 0 Å². The number of hydrogen-bond acceptors (Lipinski definition) is 7. The molecule has 0 N–H and O–H groups in total. The van der Waals surface area contributed by atoms with Crippen molar-refractivity contribution in [2.75, 3.05) is 44.3 Å². The smallest absolute Gasteiger partial charge is 0.260 e. The third-order valence-corrected chi connectivity index (χ3v) is 7.95. The Balaban J connectivity index is 1.45. The zero-order valence-electron chi connectivity index (χ0n) is 18.3. The molecule has 0 radical (unpaired) electrons. The van der Waals surface area contributed by atoms with Crippen LogP contribution in [0.1, 0.15) is 27.9 Å². The summed E-state index contributed by atoms with van der Waals surface area (Å²) in [6.07, 6.45) is 0.891. The molecule has 6 nitrogen and oxygen atoms in total. The zero-order valence-corrected chi connectivity index (χ0v) is 20.0. The summed E-state index contributed by atoms with van der Waals surface area (Å²) in [5.41, 5.74) is 6.75. The molecule has 0 bridgehead atoms. The van der Waals surface area contributed by atoms with Crippen molar-refractivity contribution in [3.8, 4) is 0 Å². The van der Waals surface area contributed by atoms with Crippen LogP contribution in [0.25, 0.3) is 20.4 Å². The van der Waals surface area contributed by atoms with Crippen LogP contribution in [0.5, 0.6) is 0 Å². The summed E-state index contributed by atoms with van der Waals surface area (Å²) in [7, 11) is 0. The summed E-state index contributed by atoms with van der Waals surface area (Å²) in [5, 5.41) is 0.772. The molecule has 3 heterocycles. The van der Waals surface area contributed by atoms with Crippen molar-refractivity contribution >= 4 is 54.1 Å². The van der Waals surface area contributed by atoms with Gasteiger partial charge in [-0.2, -0.15) is 0 Å². The average Bonchev–Trinajstić information content (AvgIpc) is 3.47. The number of carbonyl (C=O) groups excluding carboxylic acids is 1. The molecule has 0 unspecified atom stereocenters. The highest BCUT2D eigenvalue weighted by Gasteiger charge is 2.23. The van der Waals surface area contributed by atoms with Crippen molar-refractivity contribution in [2.24, 2.45) is 0 Å². The highest BCUT2D eigenvalue weighted by atomic mass is 32.1. The molecule has 2 aromatic carbocycles. The molecular formula is C24H26N4O2S2. The predicted octanol–water partition coefficient (Wildman–Crippen LogP) is 4.89. The monoisotopic (exact) mass is 466 g/mol. The van der Waals surface area contributed by atoms with Gasteiger partial charge in [-0.1, -0.05) is 23.5 Å². The maximum Gasteiger partial charge on any atom is 0.260 e. The van der Waals surface area contributed by atoms with Crippen LogP contribution in [0.15, 0.2) is 35.8 Å². The van der Waals surface area contributed by atoms with E-state index in [1.807, 2.05) is 28.6 Å². The van der Waals surface area contributed by atoms with Crippen LogP contribution in [-0.2, 0) is 4.74 Å². The Morgan fingerprint density at radius 2 is 1.97 bits per heavy atom. The second-order valence-electron chi connectivity index (χ2n) is 8.17. The molecule has 1 fully saturated rings. The number of nitrogens with zero attached hydrogens (tertiary/aromatic N) is 4. The lowest BCUT2D eigenvalue weighted by Gasteiger charge is -2.27. The van der Waals surface area contributed by atoms with Gasteiger partial charge in [-0.05, 0) is 49.6 Å². The largest absolute Gasteiger partial charge is 0.379 e. The van der Waals surface area contributed by atoms with E-state index in [2.05, 4.69) is 35.9 Å². The summed E-state index contributed by atoms with van der Waals surface area (Å²) >= 11 is 3.17. The maximum absolute atomic E-state index is 13.7. The molecule has 1 saturated heterocycles. The maximum atomic E-state index is 13.7. The van der Waals surface area contributed by atoms with Crippen LogP contribution in [-0.4, -0.2) is 60.2 Å². The van der Waals surface area contributed by atoms with E-state index in [9.17, 15) is 4.79 Å². The zero-order chi connectivity index (χ0) is 22.1. The number of hydrogen-bond donors (Lipinski definition) is 0. The van der Waals surface area contributed by atoms with Crippen molar-refractivity contribution in [2.45, 2.75) is 20.3 Å². The number of aryl methyl sites for hydroxylation is 2. The van der Waals surface area contributed by atoms with Gasteiger partial charge in [0, 0.05) is 31.7 Å². The Hall–Kier alpha value is -2.39. The number of carbonyl (C=O) groups is 1. The number of fused-ring (bicyclic) bond motifs is 2. The predicted molar refractivity (Wildman–Crippen MR) is 132 cm³/mol. The van der Waals surface area contributed by atoms with Crippen molar-refractivity contribution < 1.29 is 9.53 Å². The number of aromatic nitrogens is 2. The summed E-state index contributed by atoms with van der Waals surface area (Å²) in [6, 6.07) is 9.99. The molecule has 5 rings (SSSR count). The van der Waals surface area contributed by atoms with Gasteiger partial charge in [0.25, 0.3) is 5.91 Å². The summed E-state index contributed by atoms with van der Waals surface area (Å²) in [4.78, 5) is 27.2. The van der Waals surface area contributed by atoms with Crippen LogP contribution < -0.4 is 4.90 Å². The van der Waals surface area contributed by atoms with Crippen molar-refractivity contribution in [3.05, 3.63) is 52.5 Å². The van der Waals surface area contributed by atoms with Gasteiger partial charge in [0.2, 0.25) is 0 Å². The minimum atomic E-state index is -0.00311. The fraction of sp³-hybridized carbons (Fsp3) is 0.375. The van der Waals surface area contributed by atoms with Gasteiger partial charge >= 0.3 is 0 Å². The molecular weight excluding hydrogens is 440 g/mol. The number of thiazole rings is 2. The van der Waals surface area contributed by atoms with Crippen LogP contribution in [0.3, 0.4) is 0 Å². The van der Waals surface area contributed by atoms with E-state index in [0.717, 1.165) is 70.4 Å². The van der Waals surface area contributed by atoms with E-state index in [1.165, 1.54) is 5.56 Å². The summed E-state index contributed by atoms with van der Waals surface area (Å²) in [5.74, 6) is -0.00311. The lowest BCUT2D eigenvalue weighted by molar-refractivity contribution is 0.0376. The van der Waals surface area contributed by atoms with Crippen LogP contribution >= 0.6 is 22.7 Å². The van der Waals surface area contributed by atoms with Gasteiger partial charge < -0.3 is 4.74 Å². The van der Waals surface area contributed by atoms with Gasteiger partial charge in [-0.25, -0.2) is 9.97 Å². The second-order valence-corrected chi connectivity index (χ2v) is 10.0. The summed E-state index contributed by atoms with van der Waals surface area (Å²) in [6.45, 7) is 9.24. The molecule has 32 heavy (non-hydrogen) atoms. The summed E-state index contributed by atoms with van der Waals surface area (Å²) < 4.78 is 7.64. The van der Waals surface area contributed by atoms with E-state index in [-0.39, 0.29) is 5.91 Å². The first-order valence-corrected chi connectivity index (χ1v) is 12.6. The number of benzene rings is 2. The normalized spacial score (nSPS) is 14.9. The molecule has 4 aromatic rings. The first-order chi connectivity index (χ1) is 15.6.